The van der Waals surface area contributed by atoms with Gasteiger partial charge < -0.3 is 15.6 Å². The maximum Gasteiger partial charge on any atom is 0.0740 e. The topological polar surface area (TPSA) is 55.5 Å². The predicted octanol–water partition coefficient (Wildman–Crippen LogP) is 2.12. The van der Waals surface area contributed by atoms with E-state index in [-0.39, 0.29) is 11.5 Å². The van der Waals surface area contributed by atoms with Gasteiger partial charge in [-0.25, -0.2) is 0 Å². The van der Waals surface area contributed by atoms with Crippen molar-refractivity contribution < 1.29 is 9.84 Å². The number of hydrogen-bond donors (Lipinski definition) is 2. The van der Waals surface area contributed by atoms with Crippen LogP contribution in [0.1, 0.15) is 32.3 Å². The van der Waals surface area contributed by atoms with Crippen LogP contribution in [0.2, 0.25) is 0 Å². The number of nitrogens with two attached hydrogens (primary N) is 1. The third-order valence-electron chi connectivity index (χ3n) is 4.07. The van der Waals surface area contributed by atoms with Gasteiger partial charge in [0.2, 0.25) is 0 Å². The quantitative estimate of drug-likeness (QED) is 0.875. The van der Waals surface area contributed by atoms with Crippen LogP contribution in [0, 0.1) is 5.92 Å². The van der Waals surface area contributed by atoms with Crippen LogP contribution in [0.4, 0.5) is 0 Å². The lowest BCUT2D eigenvalue weighted by Crippen LogP contribution is -2.54. The van der Waals surface area contributed by atoms with Crippen molar-refractivity contribution in [1.29, 1.82) is 0 Å². The zero-order chi connectivity index (χ0) is 13.9. The Morgan fingerprint density at radius 3 is 2.63 bits per heavy atom. The molecule has 0 amide bonds. The molecule has 1 heterocycles. The Balaban J connectivity index is 2.14. The highest BCUT2D eigenvalue weighted by molar-refractivity contribution is 5.16. The Morgan fingerprint density at radius 1 is 1.32 bits per heavy atom. The van der Waals surface area contributed by atoms with Crippen LogP contribution in [-0.4, -0.2) is 29.5 Å². The van der Waals surface area contributed by atoms with Crippen LogP contribution in [0.3, 0.4) is 0 Å². The average Bonchev–Trinajstić information content (AvgIpc) is 2.34. The molecular weight excluding hydrogens is 238 g/mol. The van der Waals surface area contributed by atoms with Crippen LogP contribution in [-0.2, 0) is 11.2 Å². The fourth-order valence-corrected chi connectivity index (χ4v) is 3.10. The summed E-state index contributed by atoms with van der Waals surface area (Å²) in [4.78, 5) is 0. The molecule has 3 heteroatoms. The third kappa shape index (κ3) is 3.56. The summed E-state index contributed by atoms with van der Waals surface area (Å²) in [5.41, 5.74) is 5.95. The maximum atomic E-state index is 11.0. The molecule has 0 aliphatic carbocycles. The Labute approximate surface area is 115 Å². The van der Waals surface area contributed by atoms with E-state index in [1.165, 1.54) is 5.56 Å². The first-order valence-electron chi connectivity index (χ1n) is 7.05. The van der Waals surface area contributed by atoms with E-state index in [9.17, 15) is 5.11 Å². The van der Waals surface area contributed by atoms with Crippen molar-refractivity contribution in [2.75, 3.05) is 13.2 Å². The molecule has 0 aromatic heterocycles. The maximum absolute atomic E-state index is 11.0. The first-order chi connectivity index (χ1) is 8.95. The van der Waals surface area contributed by atoms with Gasteiger partial charge in [0.05, 0.1) is 17.8 Å². The molecule has 0 bridgehead atoms. The molecule has 19 heavy (non-hydrogen) atoms. The molecule has 2 rings (SSSR count). The summed E-state index contributed by atoms with van der Waals surface area (Å²) >= 11 is 0. The second-order valence-corrected chi connectivity index (χ2v) is 6.28. The van der Waals surface area contributed by atoms with Crippen LogP contribution < -0.4 is 5.73 Å². The zero-order valence-electron chi connectivity index (χ0n) is 11.9. The second kappa shape index (κ2) is 5.61. The van der Waals surface area contributed by atoms with Crippen molar-refractivity contribution in [3.05, 3.63) is 35.9 Å². The molecule has 2 atom stereocenters. The zero-order valence-corrected chi connectivity index (χ0v) is 11.9. The van der Waals surface area contributed by atoms with Crippen molar-refractivity contribution in [3.8, 4) is 0 Å². The largest absolute Gasteiger partial charge is 0.389 e. The molecule has 1 aromatic carbocycles. The summed E-state index contributed by atoms with van der Waals surface area (Å²) < 4.78 is 5.89. The summed E-state index contributed by atoms with van der Waals surface area (Å²) in [6.45, 7) is 5.18. The molecule has 1 aliphatic rings. The van der Waals surface area contributed by atoms with Gasteiger partial charge >= 0.3 is 0 Å². The highest BCUT2D eigenvalue weighted by atomic mass is 16.5. The molecule has 106 valence electrons. The first kappa shape index (κ1) is 14.5. The van der Waals surface area contributed by atoms with Gasteiger partial charge in [-0.2, -0.15) is 0 Å². The standard InChI is InChI=1S/C16H25NO2/c1-15(2)12-16(18,8-9-17)14(11-19-15)10-13-6-4-3-5-7-13/h3-7,14,18H,8-12,17H2,1-2H3/t14-,16-/m0/s1. The monoisotopic (exact) mass is 263 g/mol. The fraction of sp³-hybridized carbons (Fsp3) is 0.625. The Kier molecular flexibility index (Phi) is 4.29. The SMILES string of the molecule is CC1(C)C[C@@](O)(CCN)[C@@H](Cc2ccccc2)CO1. The van der Waals surface area contributed by atoms with Crippen molar-refractivity contribution in [3.63, 3.8) is 0 Å². The Morgan fingerprint density at radius 2 is 2.00 bits per heavy atom. The van der Waals surface area contributed by atoms with Crippen LogP contribution in [0.15, 0.2) is 30.3 Å². The lowest BCUT2D eigenvalue weighted by molar-refractivity contribution is -0.181. The van der Waals surface area contributed by atoms with Crippen molar-refractivity contribution >= 4 is 0 Å². The summed E-state index contributed by atoms with van der Waals surface area (Å²) in [6, 6.07) is 10.3. The molecule has 0 unspecified atom stereocenters. The van der Waals surface area contributed by atoms with Gasteiger partial charge in [-0.05, 0) is 38.8 Å². The summed E-state index contributed by atoms with van der Waals surface area (Å²) in [6.07, 6.45) is 2.12. The number of hydrogen-bond acceptors (Lipinski definition) is 3. The van der Waals surface area contributed by atoms with Crippen LogP contribution >= 0.6 is 0 Å². The smallest absolute Gasteiger partial charge is 0.0740 e. The molecule has 1 saturated heterocycles. The molecule has 0 spiro atoms. The summed E-state index contributed by atoms with van der Waals surface area (Å²) in [5.74, 6) is 0.117. The minimum Gasteiger partial charge on any atom is -0.389 e. The molecule has 1 fully saturated rings. The Hall–Kier alpha value is -0.900. The lowest BCUT2D eigenvalue weighted by Gasteiger charge is -2.47. The van der Waals surface area contributed by atoms with Gasteiger partial charge in [-0.3, -0.25) is 0 Å². The van der Waals surface area contributed by atoms with E-state index in [0.29, 0.717) is 26.0 Å². The molecule has 3 N–H and O–H groups in total. The summed E-state index contributed by atoms with van der Waals surface area (Å²) in [7, 11) is 0. The van der Waals surface area contributed by atoms with Crippen molar-refractivity contribution in [1.82, 2.24) is 0 Å². The van der Waals surface area contributed by atoms with Crippen molar-refractivity contribution in [2.45, 2.75) is 44.3 Å². The van der Waals surface area contributed by atoms with E-state index < -0.39 is 5.60 Å². The number of rotatable bonds is 4. The fourth-order valence-electron chi connectivity index (χ4n) is 3.10. The average molecular weight is 263 g/mol. The van der Waals surface area contributed by atoms with Gasteiger partial charge in [-0.1, -0.05) is 30.3 Å². The molecule has 1 aromatic rings. The van der Waals surface area contributed by atoms with E-state index in [1.54, 1.807) is 0 Å². The van der Waals surface area contributed by atoms with E-state index in [0.717, 1.165) is 6.42 Å². The molecule has 3 nitrogen and oxygen atoms in total. The lowest BCUT2D eigenvalue weighted by atomic mass is 9.73. The minimum atomic E-state index is -0.716. The third-order valence-corrected chi connectivity index (χ3v) is 4.07. The van der Waals surface area contributed by atoms with Gasteiger partial charge in [-0.15, -0.1) is 0 Å². The Bertz CT molecular complexity index is 404. The van der Waals surface area contributed by atoms with Gasteiger partial charge in [0.15, 0.2) is 0 Å². The van der Waals surface area contributed by atoms with Crippen LogP contribution in [0.5, 0.6) is 0 Å². The van der Waals surface area contributed by atoms with Gasteiger partial charge in [0, 0.05) is 12.3 Å². The van der Waals surface area contributed by atoms with Gasteiger partial charge in [0.25, 0.3) is 0 Å². The van der Waals surface area contributed by atoms with E-state index in [1.807, 2.05) is 32.0 Å². The normalized spacial score (nSPS) is 30.2. The van der Waals surface area contributed by atoms with Crippen LogP contribution in [0.25, 0.3) is 0 Å². The second-order valence-electron chi connectivity index (χ2n) is 6.28. The minimum absolute atomic E-state index is 0.117. The van der Waals surface area contributed by atoms with E-state index in [2.05, 4.69) is 12.1 Å². The molecule has 1 aliphatic heterocycles. The first-order valence-corrected chi connectivity index (χ1v) is 7.05. The highest BCUT2D eigenvalue weighted by Crippen LogP contribution is 2.39. The van der Waals surface area contributed by atoms with Crippen molar-refractivity contribution in [2.24, 2.45) is 11.7 Å². The molecular formula is C16H25NO2. The molecule has 0 radical (unpaired) electrons. The predicted molar refractivity (Wildman–Crippen MR) is 76.9 cm³/mol. The summed E-state index contributed by atoms with van der Waals surface area (Å²) in [5, 5.41) is 11.0. The van der Waals surface area contributed by atoms with Gasteiger partial charge in [0.1, 0.15) is 0 Å². The number of benzene rings is 1. The highest BCUT2D eigenvalue weighted by Gasteiger charge is 2.45. The number of aliphatic hydroxyl groups is 1. The number of ether oxygens (including phenoxy) is 1. The van der Waals surface area contributed by atoms with E-state index >= 15 is 0 Å². The molecule has 0 saturated carbocycles. The van der Waals surface area contributed by atoms with E-state index in [4.69, 9.17) is 10.5 Å².